The Morgan fingerprint density at radius 1 is 1.05 bits per heavy atom. The van der Waals surface area contributed by atoms with Crippen LogP contribution >= 0.6 is 0 Å². The first-order valence-corrected chi connectivity index (χ1v) is 7.36. The van der Waals surface area contributed by atoms with Crippen LogP contribution in [0.3, 0.4) is 0 Å². The predicted molar refractivity (Wildman–Crippen MR) is 80.8 cm³/mol. The van der Waals surface area contributed by atoms with Crippen molar-refractivity contribution in [2.45, 2.75) is 65.2 Å². The number of phenols is 1. The van der Waals surface area contributed by atoms with Crippen LogP contribution in [0.5, 0.6) is 5.75 Å². The molecule has 19 heavy (non-hydrogen) atoms. The van der Waals surface area contributed by atoms with Crippen LogP contribution in [0.4, 0.5) is 0 Å². The lowest BCUT2D eigenvalue weighted by Gasteiger charge is -2.23. The Hall–Kier alpha value is -1.02. The topological polar surface area (TPSA) is 40.5 Å². The van der Waals surface area contributed by atoms with E-state index in [0.717, 1.165) is 43.2 Å². The third-order valence-electron chi connectivity index (χ3n) is 3.56. The molecule has 0 unspecified atom stereocenters. The van der Waals surface area contributed by atoms with E-state index in [2.05, 4.69) is 39.8 Å². The highest BCUT2D eigenvalue weighted by atomic mass is 16.3. The van der Waals surface area contributed by atoms with Crippen molar-refractivity contribution < 1.29 is 10.2 Å². The smallest absolute Gasteiger partial charge is 0.122 e. The Labute approximate surface area is 117 Å². The number of hydrogen-bond acceptors (Lipinski definition) is 2. The van der Waals surface area contributed by atoms with Crippen molar-refractivity contribution in [3.8, 4) is 5.75 Å². The van der Waals surface area contributed by atoms with E-state index >= 15 is 0 Å². The van der Waals surface area contributed by atoms with Crippen molar-refractivity contribution in [2.24, 2.45) is 0 Å². The van der Waals surface area contributed by atoms with Gasteiger partial charge in [0.15, 0.2) is 0 Å². The van der Waals surface area contributed by atoms with Gasteiger partial charge in [0.2, 0.25) is 0 Å². The maximum absolute atomic E-state index is 10.3. The third-order valence-corrected chi connectivity index (χ3v) is 3.56. The monoisotopic (exact) mass is 264 g/mol. The number of benzene rings is 1. The summed E-state index contributed by atoms with van der Waals surface area (Å²) in [7, 11) is 0. The van der Waals surface area contributed by atoms with Gasteiger partial charge in [-0.2, -0.15) is 0 Å². The highest BCUT2D eigenvalue weighted by Gasteiger charge is 2.20. The second-order valence-electron chi connectivity index (χ2n) is 6.29. The zero-order valence-corrected chi connectivity index (χ0v) is 12.8. The summed E-state index contributed by atoms with van der Waals surface area (Å²) in [5.41, 5.74) is 3.36. The second kappa shape index (κ2) is 6.95. The summed E-state index contributed by atoms with van der Waals surface area (Å²) in [4.78, 5) is 0. The number of aromatic hydroxyl groups is 1. The van der Waals surface area contributed by atoms with Gasteiger partial charge in [0.25, 0.3) is 0 Å². The molecule has 1 aromatic rings. The molecule has 0 aliphatic rings. The third kappa shape index (κ3) is 4.54. The quantitative estimate of drug-likeness (QED) is 0.764. The Bertz CT molecular complexity index is 402. The van der Waals surface area contributed by atoms with E-state index < -0.39 is 0 Å². The molecule has 0 amide bonds. The molecule has 0 atom stereocenters. The number of rotatable bonds is 6. The van der Waals surface area contributed by atoms with Crippen molar-refractivity contribution in [3.05, 3.63) is 28.8 Å². The summed E-state index contributed by atoms with van der Waals surface area (Å²) in [6, 6.07) is 4.27. The molecule has 0 aliphatic heterocycles. The number of aliphatic hydroxyl groups excluding tert-OH is 1. The van der Waals surface area contributed by atoms with Crippen LogP contribution in [-0.4, -0.2) is 16.8 Å². The SMILES string of the molecule is CCc1cc(CCCCCO)cc(C(C)(C)C)c1O. The first-order valence-electron chi connectivity index (χ1n) is 7.36. The van der Waals surface area contributed by atoms with Crippen molar-refractivity contribution in [1.82, 2.24) is 0 Å². The van der Waals surface area contributed by atoms with Gasteiger partial charge in [-0.25, -0.2) is 0 Å². The molecule has 0 heterocycles. The van der Waals surface area contributed by atoms with E-state index in [1.807, 2.05) is 0 Å². The summed E-state index contributed by atoms with van der Waals surface area (Å²) in [5, 5.41) is 19.1. The fraction of sp³-hybridized carbons (Fsp3) is 0.647. The molecule has 0 fully saturated rings. The van der Waals surface area contributed by atoms with Crippen LogP contribution in [0.1, 0.15) is 63.6 Å². The van der Waals surface area contributed by atoms with E-state index in [1.54, 1.807) is 0 Å². The maximum Gasteiger partial charge on any atom is 0.122 e. The Kier molecular flexibility index (Phi) is 5.86. The van der Waals surface area contributed by atoms with E-state index in [1.165, 1.54) is 5.56 Å². The molecule has 108 valence electrons. The summed E-state index contributed by atoms with van der Waals surface area (Å²) in [6.07, 6.45) is 4.92. The van der Waals surface area contributed by atoms with Gasteiger partial charge in [0.1, 0.15) is 5.75 Å². The zero-order valence-electron chi connectivity index (χ0n) is 12.8. The van der Waals surface area contributed by atoms with E-state index in [9.17, 15) is 5.11 Å². The van der Waals surface area contributed by atoms with Gasteiger partial charge in [-0.1, -0.05) is 46.2 Å². The number of aryl methyl sites for hydroxylation is 2. The van der Waals surface area contributed by atoms with E-state index in [-0.39, 0.29) is 12.0 Å². The summed E-state index contributed by atoms with van der Waals surface area (Å²) < 4.78 is 0. The minimum absolute atomic E-state index is 0.0326. The maximum atomic E-state index is 10.3. The molecule has 0 spiro atoms. The molecule has 0 aromatic heterocycles. The fourth-order valence-corrected chi connectivity index (χ4v) is 2.36. The van der Waals surface area contributed by atoms with Crippen molar-refractivity contribution >= 4 is 0 Å². The molecule has 0 bridgehead atoms. The second-order valence-corrected chi connectivity index (χ2v) is 6.29. The normalized spacial score (nSPS) is 11.8. The Balaban J connectivity index is 2.94. The van der Waals surface area contributed by atoms with Crippen molar-refractivity contribution in [3.63, 3.8) is 0 Å². The first-order chi connectivity index (χ1) is 8.90. The average Bonchev–Trinajstić information content (AvgIpc) is 2.34. The molecule has 1 rings (SSSR count). The highest BCUT2D eigenvalue weighted by Crippen LogP contribution is 2.35. The van der Waals surface area contributed by atoms with E-state index in [0.29, 0.717) is 5.75 Å². The fourth-order valence-electron chi connectivity index (χ4n) is 2.36. The average molecular weight is 264 g/mol. The summed E-state index contributed by atoms with van der Waals surface area (Å²) in [6.45, 7) is 8.77. The molecule has 2 nitrogen and oxygen atoms in total. The molecular weight excluding hydrogens is 236 g/mol. The number of phenolic OH excluding ortho intramolecular Hbond substituents is 1. The van der Waals surface area contributed by atoms with Gasteiger partial charge < -0.3 is 10.2 Å². The summed E-state index contributed by atoms with van der Waals surface area (Å²) >= 11 is 0. The van der Waals surface area contributed by atoms with Gasteiger partial charge >= 0.3 is 0 Å². The van der Waals surface area contributed by atoms with Gasteiger partial charge in [-0.15, -0.1) is 0 Å². The number of hydrogen-bond donors (Lipinski definition) is 2. The molecule has 2 N–H and O–H groups in total. The standard InChI is InChI=1S/C17H28O2/c1-5-14-11-13(9-7-6-8-10-18)12-15(16(14)19)17(2,3)4/h11-12,18-19H,5-10H2,1-4H3. The van der Waals surface area contributed by atoms with Gasteiger partial charge in [0, 0.05) is 6.61 Å². The van der Waals surface area contributed by atoms with Crippen LogP contribution in [0, 0.1) is 0 Å². The summed E-state index contributed by atoms with van der Waals surface area (Å²) in [5.74, 6) is 0.467. The Morgan fingerprint density at radius 2 is 1.74 bits per heavy atom. The Morgan fingerprint density at radius 3 is 2.26 bits per heavy atom. The largest absolute Gasteiger partial charge is 0.507 e. The van der Waals surface area contributed by atoms with Gasteiger partial charge in [-0.3, -0.25) is 0 Å². The van der Waals surface area contributed by atoms with Crippen LogP contribution in [0.25, 0.3) is 0 Å². The number of unbranched alkanes of at least 4 members (excludes halogenated alkanes) is 2. The molecule has 2 heteroatoms. The molecule has 0 radical (unpaired) electrons. The van der Waals surface area contributed by atoms with Gasteiger partial charge in [-0.05, 0) is 47.8 Å². The lowest BCUT2D eigenvalue weighted by Crippen LogP contribution is -2.13. The molecule has 0 saturated heterocycles. The highest BCUT2D eigenvalue weighted by molar-refractivity contribution is 5.47. The van der Waals surface area contributed by atoms with Crippen molar-refractivity contribution in [2.75, 3.05) is 6.61 Å². The van der Waals surface area contributed by atoms with Crippen LogP contribution in [0.2, 0.25) is 0 Å². The van der Waals surface area contributed by atoms with Crippen LogP contribution in [0.15, 0.2) is 12.1 Å². The number of aliphatic hydroxyl groups is 1. The molecule has 0 aliphatic carbocycles. The minimum Gasteiger partial charge on any atom is -0.507 e. The lowest BCUT2D eigenvalue weighted by molar-refractivity contribution is 0.283. The molecule has 0 saturated carbocycles. The zero-order chi connectivity index (χ0) is 14.5. The minimum atomic E-state index is -0.0326. The first kappa shape index (κ1) is 16.0. The van der Waals surface area contributed by atoms with Crippen LogP contribution < -0.4 is 0 Å². The van der Waals surface area contributed by atoms with Gasteiger partial charge in [0.05, 0.1) is 0 Å². The van der Waals surface area contributed by atoms with E-state index in [4.69, 9.17) is 5.11 Å². The predicted octanol–water partition coefficient (Wildman–Crippen LogP) is 3.96. The molecule has 1 aromatic carbocycles. The lowest BCUT2D eigenvalue weighted by atomic mass is 9.83. The molecular formula is C17H28O2. The van der Waals surface area contributed by atoms with Crippen LogP contribution in [-0.2, 0) is 18.3 Å². The van der Waals surface area contributed by atoms with Crippen molar-refractivity contribution in [1.29, 1.82) is 0 Å².